The van der Waals surface area contributed by atoms with Crippen LogP contribution < -0.4 is 5.73 Å². The van der Waals surface area contributed by atoms with Gasteiger partial charge in [-0.25, -0.2) is 0 Å². The fraction of sp³-hybridized carbons (Fsp3) is 0.478. The Morgan fingerprint density at radius 3 is 2.58 bits per heavy atom. The normalized spacial score (nSPS) is 23.7. The highest BCUT2D eigenvalue weighted by atomic mass is 15.2. The van der Waals surface area contributed by atoms with Crippen molar-refractivity contribution >= 4 is 0 Å². The molecule has 2 N–H and O–H groups in total. The first-order valence-corrected chi connectivity index (χ1v) is 9.93. The quantitative estimate of drug-likeness (QED) is 0.913. The van der Waals surface area contributed by atoms with Gasteiger partial charge in [0.15, 0.2) is 0 Å². The number of hydrogen-bond acceptors (Lipinski definition) is 3. The van der Waals surface area contributed by atoms with Gasteiger partial charge in [-0.15, -0.1) is 0 Å². The molecule has 0 radical (unpaired) electrons. The number of benzene rings is 2. The van der Waals surface area contributed by atoms with Crippen LogP contribution >= 0.6 is 0 Å². The molecule has 2 unspecified atom stereocenters. The molecule has 0 saturated carbocycles. The van der Waals surface area contributed by atoms with E-state index < -0.39 is 0 Å². The van der Waals surface area contributed by atoms with Crippen LogP contribution in [0.4, 0.5) is 0 Å². The van der Waals surface area contributed by atoms with Crippen LogP contribution in [0.2, 0.25) is 0 Å². The summed E-state index contributed by atoms with van der Waals surface area (Å²) in [5.41, 5.74) is 13.5. The van der Waals surface area contributed by atoms with Gasteiger partial charge in [0, 0.05) is 38.3 Å². The SMILES string of the molecule is CC(C)c1ccc2c(c1)C(CN)N(C)CC2N1CCc2ccccc2C1. The van der Waals surface area contributed by atoms with Crippen molar-refractivity contribution in [3.05, 3.63) is 70.3 Å². The van der Waals surface area contributed by atoms with Crippen molar-refractivity contribution in [2.75, 3.05) is 26.7 Å². The van der Waals surface area contributed by atoms with Crippen LogP contribution in [-0.2, 0) is 13.0 Å². The number of likely N-dealkylation sites (N-methyl/N-ethyl adjacent to an activating group) is 1. The molecule has 4 rings (SSSR count). The first-order chi connectivity index (χ1) is 12.6. The fourth-order valence-corrected chi connectivity index (χ4v) is 4.68. The van der Waals surface area contributed by atoms with Gasteiger partial charge in [0.2, 0.25) is 0 Å². The summed E-state index contributed by atoms with van der Waals surface area (Å²) in [6, 6.07) is 16.8. The Morgan fingerprint density at radius 1 is 1.08 bits per heavy atom. The monoisotopic (exact) mass is 349 g/mol. The van der Waals surface area contributed by atoms with E-state index in [1.165, 1.54) is 27.8 Å². The van der Waals surface area contributed by atoms with E-state index in [4.69, 9.17) is 5.73 Å². The smallest absolute Gasteiger partial charge is 0.0482 e. The lowest BCUT2D eigenvalue weighted by atomic mass is 9.85. The zero-order valence-electron chi connectivity index (χ0n) is 16.3. The second-order valence-corrected chi connectivity index (χ2v) is 8.24. The van der Waals surface area contributed by atoms with Crippen LogP contribution in [0.5, 0.6) is 0 Å². The van der Waals surface area contributed by atoms with E-state index >= 15 is 0 Å². The Kier molecular flexibility index (Phi) is 4.87. The van der Waals surface area contributed by atoms with Crippen molar-refractivity contribution in [2.24, 2.45) is 5.73 Å². The standard InChI is InChI=1S/C23H31N3/c1-16(2)18-8-9-20-21(12-18)22(13-24)25(3)15-23(20)26-11-10-17-6-4-5-7-19(17)14-26/h4-9,12,16,22-23H,10-11,13-15,24H2,1-3H3. The van der Waals surface area contributed by atoms with Crippen LogP contribution in [0, 0.1) is 0 Å². The lowest BCUT2D eigenvalue weighted by Gasteiger charge is -2.45. The molecule has 0 aliphatic carbocycles. The summed E-state index contributed by atoms with van der Waals surface area (Å²) in [5.74, 6) is 0.547. The second-order valence-electron chi connectivity index (χ2n) is 8.24. The molecular formula is C23H31N3. The Hall–Kier alpha value is -1.68. The molecule has 3 nitrogen and oxygen atoms in total. The number of rotatable bonds is 3. The van der Waals surface area contributed by atoms with Gasteiger partial charge >= 0.3 is 0 Å². The number of fused-ring (bicyclic) bond motifs is 2. The van der Waals surface area contributed by atoms with E-state index in [1.807, 2.05) is 0 Å². The largest absolute Gasteiger partial charge is 0.329 e. The molecule has 0 fully saturated rings. The van der Waals surface area contributed by atoms with Gasteiger partial charge in [0.25, 0.3) is 0 Å². The van der Waals surface area contributed by atoms with E-state index in [2.05, 4.69) is 73.2 Å². The van der Waals surface area contributed by atoms with Gasteiger partial charge < -0.3 is 5.73 Å². The minimum atomic E-state index is 0.331. The van der Waals surface area contributed by atoms with Crippen LogP contribution in [-0.4, -0.2) is 36.5 Å². The van der Waals surface area contributed by atoms with E-state index in [9.17, 15) is 0 Å². The maximum atomic E-state index is 6.17. The highest BCUT2D eigenvalue weighted by molar-refractivity contribution is 5.40. The maximum absolute atomic E-state index is 6.17. The van der Waals surface area contributed by atoms with Crippen molar-refractivity contribution in [1.29, 1.82) is 0 Å². The first kappa shape index (κ1) is 17.7. The van der Waals surface area contributed by atoms with Crippen molar-refractivity contribution in [3.8, 4) is 0 Å². The van der Waals surface area contributed by atoms with E-state index in [-0.39, 0.29) is 0 Å². The number of nitrogens with zero attached hydrogens (tertiary/aromatic N) is 2. The summed E-state index contributed by atoms with van der Waals surface area (Å²) in [7, 11) is 2.23. The van der Waals surface area contributed by atoms with Crippen LogP contribution in [0.1, 0.15) is 59.7 Å². The molecule has 0 aromatic heterocycles. The van der Waals surface area contributed by atoms with Crippen molar-refractivity contribution in [2.45, 2.75) is 44.8 Å². The van der Waals surface area contributed by atoms with Gasteiger partial charge in [-0.1, -0.05) is 56.3 Å². The predicted molar refractivity (Wildman–Crippen MR) is 108 cm³/mol. The summed E-state index contributed by atoms with van der Waals surface area (Å²) >= 11 is 0. The van der Waals surface area contributed by atoms with Gasteiger partial charge in [-0.2, -0.15) is 0 Å². The Labute approximate surface area is 157 Å². The molecule has 26 heavy (non-hydrogen) atoms. The summed E-state index contributed by atoms with van der Waals surface area (Å²) in [6.45, 7) is 8.45. The predicted octanol–water partition coefficient (Wildman–Crippen LogP) is 3.85. The van der Waals surface area contributed by atoms with Crippen LogP contribution in [0.25, 0.3) is 0 Å². The Balaban J connectivity index is 1.70. The molecule has 2 aliphatic heterocycles. The molecule has 3 heteroatoms. The zero-order valence-corrected chi connectivity index (χ0v) is 16.3. The zero-order chi connectivity index (χ0) is 18.3. The van der Waals surface area contributed by atoms with Gasteiger partial charge in [0.1, 0.15) is 0 Å². The average molecular weight is 350 g/mol. The highest BCUT2D eigenvalue weighted by Crippen LogP contribution is 2.39. The molecular weight excluding hydrogens is 318 g/mol. The fourth-order valence-electron chi connectivity index (χ4n) is 4.68. The van der Waals surface area contributed by atoms with Crippen molar-refractivity contribution in [3.63, 3.8) is 0 Å². The highest BCUT2D eigenvalue weighted by Gasteiger charge is 2.34. The molecule has 2 aromatic carbocycles. The topological polar surface area (TPSA) is 32.5 Å². The Morgan fingerprint density at radius 2 is 1.85 bits per heavy atom. The minimum Gasteiger partial charge on any atom is -0.329 e. The molecule has 0 amide bonds. The molecule has 2 atom stereocenters. The lowest BCUT2D eigenvalue weighted by Crippen LogP contribution is -2.46. The van der Waals surface area contributed by atoms with Crippen LogP contribution in [0.15, 0.2) is 42.5 Å². The lowest BCUT2D eigenvalue weighted by molar-refractivity contribution is 0.101. The first-order valence-electron chi connectivity index (χ1n) is 9.93. The molecule has 2 aliphatic rings. The summed E-state index contributed by atoms with van der Waals surface area (Å²) in [6.07, 6.45) is 1.15. The average Bonchev–Trinajstić information content (AvgIpc) is 2.66. The summed E-state index contributed by atoms with van der Waals surface area (Å²) in [5, 5.41) is 0. The molecule has 0 spiro atoms. The molecule has 0 saturated heterocycles. The van der Waals surface area contributed by atoms with E-state index in [0.29, 0.717) is 24.5 Å². The molecule has 0 bridgehead atoms. The minimum absolute atomic E-state index is 0.331. The maximum Gasteiger partial charge on any atom is 0.0482 e. The third-order valence-electron chi connectivity index (χ3n) is 6.31. The Bertz CT molecular complexity index is 783. The second kappa shape index (κ2) is 7.15. The summed E-state index contributed by atoms with van der Waals surface area (Å²) in [4.78, 5) is 5.12. The molecule has 2 aromatic rings. The summed E-state index contributed by atoms with van der Waals surface area (Å²) < 4.78 is 0. The van der Waals surface area contributed by atoms with Gasteiger partial charge in [-0.05, 0) is 47.2 Å². The number of hydrogen-bond donors (Lipinski definition) is 1. The van der Waals surface area contributed by atoms with E-state index in [1.54, 1.807) is 0 Å². The van der Waals surface area contributed by atoms with Gasteiger partial charge in [0.05, 0.1) is 0 Å². The van der Waals surface area contributed by atoms with Crippen molar-refractivity contribution < 1.29 is 0 Å². The van der Waals surface area contributed by atoms with E-state index in [0.717, 1.165) is 26.1 Å². The van der Waals surface area contributed by atoms with Crippen molar-refractivity contribution in [1.82, 2.24) is 9.80 Å². The van der Waals surface area contributed by atoms with Gasteiger partial charge in [-0.3, -0.25) is 9.80 Å². The third kappa shape index (κ3) is 3.09. The van der Waals surface area contributed by atoms with Crippen LogP contribution in [0.3, 0.4) is 0 Å². The molecule has 2 heterocycles. The molecule has 138 valence electrons. The third-order valence-corrected chi connectivity index (χ3v) is 6.31. The number of nitrogens with two attached hydrogens (primary N) is 1.